The van der Waals surface area contributed by atoms with Gasteiger partial charge in [0, 0.05) is 19.8 Å². The average Bonchev–Trinajstić information content (AvgIpc) is 2.23. The Bertz CT molecular complexity index is 39.7. The van der Waals surface area contributed by atoms with Gasteiger partial charge in [-0.1, -0.05) is 0 Å². The summed E-state index contributed by atoms with van der Waals surface area (Å²) in [6, 6.07) is 0. The monoisotopic (exact) mass is 99.1 g/mol. The lowest BCUT2D eigenvalue weighted by Gasteiger charge is -1.76. The van der Waals surface area contributed by atoms with Gasteiger partial charge < -0.3 is 4.74 Å². The molecule has 0 aromatic carbocycles. The molecular weight excluding hydrogens is 90.1 g/mol. The van der Waals surface area contributed by atoms with Gasteiger partial charge >= 0.3 is 0 Å². The van der Waals surface area contributed by atoms with Crippen molar-refractivity contribution in [2.45, 2.75) is 12.8 Å². The number of nitriles is 1. The van der Waals surface area contributed by atoms with Gasteiger partial charge in [0.25, 0.3) is 0 Å². The van der Waals surface area contributed by atoms with E-state index in [0.29, 0.717) is 0 Å². The van der Waals surface area contributed by atoms with E-state index in [4.69, 9.17) is 10.00 Å². The van der Waals surface area contributed by atoms with Crippen LogP contribution >= 0.6 is 0 Å². The third kappa shape index (κ3) is 3.28. The average molecular weight is 99.1 g/mol. The van der Waals surface area contributed by atoms with Gasteiger partial charge in [-0.05, 0) is 12.8 Å². The zero-order valence-electron chi connectivity index (χ0n) is 4.26. The van der Waals surface area contributed by atoms with Crippen LogP contribution in [0.15, 0.2) is 0 Å². The summed E-state index contributed by atoms with van der Waals surface area (Å²) in [6.45, 7) is 5.50. The molecule has 0 N–H and O–H groups in total. The molecule has 0 saturated carbocycles. The largest absolute Gasteiger partial charge is 0.381 e. The van der Waals surface area contributed by atoms with Crippen molar-refractivity contribution in [1.82, 2.24) is 0 Å². The summed E-state index contributed by atoms with van der Waals surface area (Å²) in [5.41, 5.74) is 0. The molecule has 0 aromatic rings. The fourth-order valence-corrected chi connectivity index (χ4v) is 0.510. The van der Waals surface area contributed by atoms with Crippen molar-refractivity contribution in [2.75, 3.05) is 13.2 Å². The smallest absolute Gasteiger partial charge is 0.0466 e. The first-order chi connectivity index (χ1) is 3.50. The molecule has 0 amide bonds. The van der Waals surface area contributed by atoms with Crippen molar-refractivity contribution in [3.63, 3.8) is 0 Å². The van der Waals surface area contributed by atoms with Gasteiger partial charge in [0.2, 0.25) is 0 Å². The maximum atomic E-state index is 6.50. The zero-order valence-corrected chi connectivity index (χ0v) is 4.26. The van der Waals surface area contributed by atoms with Gasteiger partial charge in [-0.2, -0.15) is 0 Å². The Morgan fingerprint density at radius 3 is 1.71 bits per heavy atom. The molecule has 1 saturated heterocycles. The summed E-state index contributed by atoms with van der Waals surface area (Å²) in [6.07, 6.45) is 2.56. The van der Waals surface area contributed by atoms with Gasteiger partial charge in [-0.15, -0.1) is 0 Å². The molecule has 7 heavy (non-hydrogen) atoms. The molecule has 1 aliphatic rings. The quantitative estimate of drug-likeness (QED) is 0.452. The predicted molar refractivity (Wildman–Crippen MR) is 26.7 cm³/mol. The van der Waals surface area contributed by atoms with Crippen LogP contribution in [-0.4, -0.2) is 13.2 Å². The van der Waals surface area contributed by atoms with E-state index in [9.17, 15) is 0 Å². The molecule has 0 aromatic heterocycles. The van der Waals surface area contributed by atoms with Crippen LogP contribution in [0.3, 0.4) is 0 Å². The van der Waals surface area contributed by atoms with E-state index in [0.717, 1.165) is 13.2 Å². The van der Waals surface area contributed by atoms with Crippen molar-refractivity contribution >= 4 is 0 Å². The van der Waals surface area contributed by atoms with Crippen LogP contribution in [-0.2, 0) is 4.74 Å². The van der Waals surface area contributed by atoms with Gasteiger partial charge in [0.15, 0.2) is 0 Å². The Hall–Kier alpha value is -0.550. The Morgan fingerprint density at radius 1 is 1.14 bits per heavy atom. The lowest BCUT2D eigenvalue weighted by atomic mass is 10.4. The van der Waals surface area contributed by atoms with Crippen molar-refractivity contribution in [3.05, 3.63) is 0 Å². The van der Waals surface area contributed by atoms with Gasteiger partial charge in [-0.3, -0.25) is 0 Å². The molecular formula is C5H9NO. The normalized spacial score (nSPS) is 17.4. The third-order valence-electron chi connectivity index (χ3n) is 0.827. The van der Waals surface area contributed by atoms with E-state index < -0.39 is 0 Å². The second-order valence-corrected chi connectivity index (χ2v) is 1.32. The molecule has 1 heterocycles. The van der Waals surface area contributed by atoms with E-state index in [2.05, 4.69) is 6.57 Å². The number of hydrogen-bond acceptors (Lipinski definition) is 2. The maximum absolute atomic E-state index is 6.50. The highest BCUT2D eigenvalue weighted by Gasteiger charge is 1.94. The highest BCUT2D eigenvalue weighted by atomic mass is 16.5. The minimum Gasteiger partial charge on any atom is -0.381 e. The maximum Gasteiger partial charge on any atom is 0.0466 e. The Kier molecular flexibility index (Phi) is 5.02. The molecule has 40 valence electrons. The molecule has 0 radical (unpaired) electrons. The third-order valence-corrected chi connectivity index (χ3v) is 0.827. The molecule has 0 aliphatic carbocycles. The van der Waals surface area contributed by atoms with Crippen LogP contribution in [0, 0.1) is 11.8 Å². The summed E-state index contributed by atoms with van der Waals surface area (Å²) in [5, 5.41) is 6.50. The fourth-order valence-electron chi connectivity index (χ4n) is 0.510. The lowest BCUT2D eigenvalue weighted by molar-refractivity contribution is 0.198. The first-order valence-electron chi connectivity index (χ1n) is 2.34. The number of rotatable bonds is 0. The van der Waals surface area contributed by atoms with E-state index in [1.54, 1.807) is 0 Å². The fraction of sp³-hybridized carbons (Fsp3) is 0.800. The molecule has 0 unspecified atom stereocenters. The van der Waals surface area contributed by atoms with Crippen LogP contribution < -0.4 is 0 Å². The van der Waals surface area contributed by atoms with Crippen LogP contribution in [0.4, 0.5) is 0 Å². The number of nitrogens with zero attached hydrogens (tertiary/aromatic N) is 1. The van der Waals surface area contributed by atoms with Crippen molar-refractivity contribution < 1.29 is 4.74 Å². The summed E-state index contributed by atoms with van der Waals surface area (Å²) in [5.74, 6) is 0. The molecule has 2 heteroatoms. The molecule has 0 atom stereocenters. The van der Waals surface area contributed by atoms with Crippen molar-refractivity contribution in [2.24, 2.45) is 0 Å². The number of hydrogen-bond donors (Lipinski definition) is 0. The van der Waals surface area contributed by atoms with E-state index in [1.165, 1.54) is 12.8 Å². The van der Waals surface area contributed by atoms with Crippen LogP contribution in [0.1, 0.15) is 12.8 Å². The van der Waals surface area contributed by atoms with Crippen molar-refractivity contribution in [3.8, 4) is 6.57 Å². The second kappa shape index (κ2) is 5.45. The van der Waals surface area contributed by atoms with E-state index in [1.807, 2.05) is 0 Å². The first-order valence-corrected chi connectivity index (χ1v) is 2.34. The van der Waals surface area contributed by atoms with Crippen LogP contribution in [0.25, 0.3) is 0 Å². The Balaban J connectivity index is 0.000000162. The van der Waals surface area contributed by atoms with Crippen LogP contribution in [0.2, 0.25) is 0 Å². The van der Waals surface area contributed by atoms with Gasteiger partial charge in [0.05, 0.1) is 0 Å². The van der Waals surface area contributed by atoms with Gasteiger partial charge in [-0.25, -0.2) is 5.26 Å². The highest BCUT2D eigenvalue weighted by molar-refractivity contribution is 4.43. The zero-order chi connectivity index (χ0) is 5.54. The second-order valence-electron chi connectivity index (χ2n) is 1.32. The highest BCUT2D eigenvalue weighted by Crippen LogP contribution is 1.98. The minimum atomic E-state index is 1.00. The standard InChI is InChI=1S/C4H8O.CHN/c1-2-4-5-3-1;1-2/h1-4H2;1H. The topological polar surface area (TPSA) is 33.0 Å². The first kappa shape index (κ1) is 6.45. The van der Waals surface area contributed by atoms with E-state index >= 15 is 0 Å². The molecule has 0 spiro atoms. The Morgan fingerprint density at radius 2 is 1.57 bits per heavy atom. The molecule has 1 fully saturated rings. The van der Waals surface area contributed by atoms with Gasteiger partial charge in [0.1, 0.15) is 0 Å². The van der Waals surface area contributed by atoms with E-state index in [-0.39, 0.29) is 0 Å². The summed E-state index contributed by atoms with van der Waals surface area (Å²) >= 11 is 0. The summed E-state index contributed by atoms with van der Waals surface area (Å²) in [4.78, 5) is 0. The molecule has 0 bridgehead atoms. The Labute approximate surface area is 43.7 Å². The molecule has 2 nitrogen and oxygen atoms in total. The predicted octanol–water partition coefficient (Wildman–Crippen LogP) is 0.937. The lowest BCUT2D eigenvalue weighted by Crippen LogP contribution is -1.74. The molecule has 1 aliphatic heterocycles. The summed E-state index contributed by atoms with van der Waals surface area (Å²) in [7, 11) is 0. The van der Waals surface area contributed by atoms with Crippen molar-refractivity contribution in [1.29, 1.82) is 5.26 Å². The SMILES string of the molecule is C#N.C1CCOC1. The minimum absolute atomic E-state index is 1.00. The van der Waals surface area contributed by atoms with Crippen LogP contribution in [0.5, 0.6) is 0 Å². The molecule has 1 rings (SSSR count). The summed E-state index contributed by atoms with van der Waals surface area (Å²) < 4.78 is 4.94. The number of ether oxygens (including phenoxy) is 1.